The molecule has 2 unspecified atom stereocenters. The lowest BCUT2D eigenvalue weighted by Gasteiger charge is -2.39. The van der Waals surface area contributed by atoms with E-state index < -0.39 is 0 Å². The Balaban J connectivity index is 1.25. The fourth-order valence-electron chi connectivity index (χ4n) is 4.88. The minimum Gasteiger partial charge on any atom is -0.367 e. The Labute approximate surface area is 177 Å². The number of hydrogen-bond acceptors (Lipinski definition) is 6. The predicted octanol–water partition coefficient (Wildman–Crippen LogP) is 4.86. The van der Waals surface area contributed by atoms with Crippen LogP contribution in [0.25, 0.3) is 11.5 Å². The predicted molar refractivity (Wildman–Crippen MR) is 117 cm³/mol. The number of anilines is 1. The second kappa shape index (κ2) is 8.19. The van der Waals surface area contributed by atoms with Crippen molar-refractivity contribution in [3.8, 4) is 11.5 Å². The summed E-state index contributed by atoms with van der Waals surface area (Å²) in [4.78, 5) is 11.8. The van der Waals surface area contributed by atoms with Gasteiger partial charge < -0.3 is 9.84 Å². The fraction of sp³-hybridized carbons (Fsp3) is 0.458. The summed E-state index contributed by atoms with van der Waals surface area (Å²) in [6.45, 7) is 5.19. The van der Waals surface area contributed by atoms with E-state index in [1.165, 1.54) is 18.4 Å². The summed E-state index contributed by atoms with van der Waals surface area (Å²) in [5, 5.41) is 7.75. The molecule has 0 aliphatic carbocycles. The summed E-state index contributed by atoms with van der Waals surface area (Å²) in [6, 6.07) is 16.5. The Hall–Kier alpha value is -2.73. The highest BCUT2D eigenvalue weighted by atomic mass is 16.5. The van der Waals surface area contributed by atoms with Crippen LogP contribution >= 0.6 is 0 Å². The van der Waals surface area contributed by atoms with Gasteiger partial charge >= 0.3 is 0 Å². The number of aromatic nitrogens is 3. The van der Waals surface area contributed by atoms with E-state index in [-0.39, 0.29) is 5.92 Å². The van der Waals surface area contributed by atoms with Gasteiger partial charge in [-0.15, -0.1) is 0 Å². The van der Waals surface area contributed by atoms with Crippen molar-refractivity contribution < 1.29 is 4.52 Å². The van der Waals surface area contributed by atoms with Crippen LogP contribution in [0.2, 0.25) is 0 Å². The van der Waals surface area contributed by atoms with Crippen molar-refractivity contribution in [2.24, 2.45) is 0 Å². The van der Waals surface area contributed by atoms with E-state index in [1.807, 2.05) is 18.3 Å². The summed E-state index contributed by atoms with van der Waals surface area (Å²) in [5.74, 6) is 2.43. The van der Waals surface area contributed by atoms with E-state index >= 15 is 0 Å². The van der Waals surface area contributed by atoms with Crippen molar-refractivity contribution in [1.82, 2.24) is 20.0 Å². The van der Waals surface area contributed by atoms with Crippen LogP contribution in [-0.4, -0.2) is 38.2 Å². The van der Waals surface area contributed by atoms with Gasteiger partial charge in [-0.2, -0.15) is 4.98 Å². The normalized spacial score (nSPS) is 23.8. The lowest BCUT2D eigenvalue weighted by atomic mass is 9.96. The molecular weight excluding hydrogens is 374 g/mol. The van der Waals surface area contributed by atoms with Crippen molar-refractivity contribution in [3.05, 3.63) is 60.0 Å². The molecule has 2 aliphatic heterocycles. The van der Waals surface area contributed by atoms with Crippen LogP contribution in [0.3, 0.4) is 0 Å². The van der Waals surface area contributed by atoms with Gasteiger partial charge in [-0.3, -0.25) is 4.90 Å². The zero-order valence-electron chi connectivity index (χ0n) is 17.7. The molecule has 2 bridgehead atoms. The maximum absolute atomic E-state index is 5.45. The average molecular weight is 404 g/mol. The number of rotatable bonds is 6. The Morgan fingerprint density at radius 2 is 1.87 bits per heavy atom. The topological polar surface area (TPSA) is 67.1 Å². The number of fused-ring (bicyclic) bond motifs is 2. The smallest absolute Gasteiger partial charge is 0.258 e. The van der Waals surface area contributed by atoms with Crippen LogP contribution in [0.4, 0.5) is 5.82 Å². The number of nitrogens with zero attached hydrogens (tertiary/aromatic N) is 4. The highest BCUT2D eigenvalue weighted by molar-refractivity contribution is 5.58. The summed E-state index contributed by atoms with van der Waals surface area (Å²) in [5.41, 5.74) is 2.33. The second-order valence-electron chi connectivity index (χ2n) is 8.90. The first-order valence-electron chi connectivity index (χ1n) is 11.0. The summed E-state index contributed by atoms with van der Waals surface area (Å²) in [6.07, 6.45) is 6.73. The molecule has 0 radical (unpaired) electrons. The highest BCUT2D eigenvalue weighted by Crippen LogP contribution is 2.38. The van der Waals surface area contributed by atoms with Crippen LogP contribution in [0, 0.1) is 0 Å². The van der Waals surface area contributed by atoms with Crippen LogP contribution < -0.4 is 5.32 Å². The van der Waals surface area contributed by atoms with Gasteiger partial charge in [0.25, 0.3) is 5.89 Å². The number of pyridine rings is 1. The van der Waals surface area contributed by atoms with Crippen molar-refractivity contribution in [1.29, 1.82) is 0 Å². The molecule has 0 amide bonds. The minimum absolute atomic E-state index is 0.249. The molecule has 5 rings (SSSR count). The van der Waals surface area contributed by atoms with E-state index in [0.717, 1.165) is 36.6 Å². The first-order chi connectivity index (χ1) is 14.7. The minimum atomic E-state index is 0.249. The van der Waals surface area contributed by atoms with Gasteiger partial charge in [0, 0.05) is 42.3 Å². The summed E-state index contributed by atoms with van der Waals surface area (Å²) >= 11 is 0. The number of benzene rings is 1. The lowest BCUT2D eigenvalue weighted by Crippen LogP contribution is -2.46. The quantitative estimate of drug-likeness (QED) is 0.634. The van der Waals surface area contributed by atoms with E-state index in [0.29, 0.717) is 24.0 Å². The van der Waals surface area contributed by atoms with Gasteiger partial charge in [0.1, 0.15) is 5.82 Å². The number of hydrogen-bond donors (Lipinski definition) is 1. The average Bonchev–Trinajstić information content (AvgIpc) is 3.33. The van der Waals surface area contributed by atoms with E-state index in [2.05, 4.69) is 69.5 Å². The maximum Gasteiger partial charge on any atom is 0.258 e. The van der Waals surface area contributed by atoms with Crippen molar-refractivity contribution in [2.75, 3.05) is 5.32 Å². The molecule has 0 saturated carbocycles. The van der Waals surface area contributed by atoms with Crippen LogP contribution in [0.15, 0.2) is 53.2 Å². The standard InChI is InChI=1S/C24H29N5O/c1-16(2)23-27-24(30-28-23)18-10-11-25-22(12-18)26-19-13-20-8-9-21(14-19)29(20)15-17-6-4-3-5-7-17/h3-7,10-12,16,19-21H,8-9,13-15H2,1-2H3,(H,25,26). The lowest BCUT2D eigenvalue weighted by molar-refractivity contribution is 0.124. The molecule has 6 nitrogen and oxygen atoms in total. The van der Waals surface area contributed by atoms with E-state index in [9.17, 15) is 0 Å². The third-order valence-corrected chi connectivity index (χ3v) is 6.41. The molecule has 2 fully saturated rings. The monoisotopic (exact) mass is 403 g/mol. The highest BCUT2D eigenvalue weighted by Gasteiger charge is 2.40. The molecule has 2 aliphatic rings. The Kier molecular flexibility index (Phi) is 5.25. The molecule has 4 heterocycles. The molecule has 6 heteroatoms. The van der Waals surface area contributed by atoms with Gasteiger partial charge in [-0.25, -0.2) is 4.98 Å². The summed E-state index contributed by atoms with van der Waals surface area (Å²) in [7, 11) is 0. The van der Waals surface area contributed by atoms with Gasteiger partial charge in [0.05, 0.1) is 0 Å². The molecule has 0 spiro atoms. The Morgan fingerprint density at radius 1 is 1.10 bits per heavy atom. The second-order valence-corrected chi connectivity index (χ2v) is 8.90. The molecule has 2 aromatic heterocycles. The number of nitrogens with one attached hydrogen (secondary N) is 1. The van der Waals surface area contributed by atoms with Gasteiger partial charge in [-0.1, -0.05) is 49.3 Å². The maximum atomic E-state index is 5.45. The first kappa shape index (κ1) is 19.2. The van der Waals surface area contributed by atoms with Crippen molar-refractivity contribution in [2.45, 2.75) is 70.1 Å². The fourth-order valence-corrected chi connectivity index (χ4v) is 4.88. The SMILES string of the molecule is CC(C)c1noc(-c2ccnc(NC3CC4CCC(C3)N4Cc3ccccc3)c2)n1. The molecule has 1 N–H and O–H groups in total. The summed E-state index contributed by atoms with van der Waals surface area (Å²) < 4.78 is 5.45. The zero-order chi connectivity index (χ0) is 20.5. The third kappa shape index (κ3) is 3.97. The van der Waals surface area contributed by atoms with Gasteiger partial charge in [0.15, 0.2) is 5.82 Å². The molecule has 2 saturated heterocycles. The van der Waals surface area contributed by atoms with Gasteiger partial charge in [-0.05, 0) is 43.4 Å². The van der Waals surface area contributed by atoms with E-state index in [1.54, 1.807) is 0 Å². The van der Waals surface area contributed by atoms with Gasteiger partial charge in [0.2, 0.25) is 0 Å². The van der Waals surface area contributed by atoms with Crippen LogP contribution in [0.1, 0.15) is 56.8 Å². The van der Waals surface area contributed by atoms with Crippen molar-refractivity contribution >= 4 is 5.82 Å². The molecule has 156 valence electrons. The molecule has 1 aromatic carbocycles. The van der Waals surface area contributed by atoms with E-state index in [4.69, 9.17) is 4.52 Å². The van der Waals surface area contributed by atoms with Crippen molar-refractivity contribution in [3.63, 3.8) is 0 Å². The molecule has 2 atom stereocenters. The third-order valence-electron chi connectivity index (χ3n) is 6.41. The Bertz CT molecular complexity index is 972. The van der Waals surface area contributed by atoms with Crippen LogP contribution in [-0.2, 0) is 6.54 Å². The Morgan fingerprint density at radius 3 is 2.57 bits per heavy atom. The first-order valence-corrected chi connectivity index (χ1v) is 11.0. The largest absolute Gasteiger partial charge is 0.367 e. The number of piperidine rings is 1. The zero-order valence-corrected chi connectivity index (χ0v) is 17.7. The molecule has 30 heavy (non-hydrogen) atoms. The molecule has 3 aromatic rings. The van der Waals surface area contributed by atoms with Crippen LogP contribution in [0.5, 0.6) is 0 Å². The molecular formula is C24H29N5O.